The number of nitrogens with zero attached hydrogens (tertiary/aromatic N) is 1. The number of carbonyl (C=O) groups is 1. The number of aryl methyl sites for hydroxylation is 1. The van der Waals surface area contributed by atoms with Gasteiger partial charge in [0, 0.05) is 18.3 Å². The summed E-state index contributed by atoms with van der Waals surface area (Å²) in [5.74, 6) is 0.340. The van der Waals surface area contributed by atoms with Gasteiger partial charge in [-0.15, -0.1) is 0 Å². The molecule has 0 N–H and O–H groups in total. The number of anilines is 1. The quantitative estimate of drug-likeness (QED) is 0.759. The Hall–Kier alpha value is -1.31. The molecule has 2 nitrogen and oxygen atoms in total. The van der Waals surface area contributed by atoms with E-state index in [0.717, 1.165) is 6.54 Å². The van der Waals surface area contributed by atoms with Crippen molar-refractivity contribution in [2.24, 2.45) is 0 Å². The zero-order valence-corrected chi connectivity index (χ0v) is 10.4. The van der Waals surface area contributed by atoms with E-state index < -0.39 is 0 Å². The largest absolute Gasteiger partial charge is 0.368 e. The molecule has 1 unspecified atom stereocenters. The summed E-state index contributed by atoms with van der Waals surface area (Å²) in [6.45, 7) is 8.96. The lowest BCUT2D eigenvalue weighted by Gasteiger charge is -2.24. The van der Waals surface area contributed by atoms with E-state index in [1.54, 1.807) is 6.92 Å². The van der Waals surface area contributed by atoms with Crippen LogP contribution in [-0.4, -0.2) is 18.4 Å². The molecule has 0 amide bonds. The SMILES string of the molecule is CC(=O)C1CN(C(C)C)c2ccc(C)cc21. The number of hydrogen-bond acceptors (Lipinski definition) is 2. The Morgan fingerprint density at radius 1 is 1.44 bits per heavy atom. The van der Waals surface area contributed by atoms with Gasteiger partial charge in [0.15, 0.2) is 0 Å². The van der Waals surface area contributed by atoms with Gasteiger partial charge in [0.2, 0.25) is 0 Å². The molecule has 0 bridgehead atoms. The van der Waals surface area contributed by atoms with E-state index in [1.807, 2.05) is 0 Å². The van der Waals surface area contributed by atoms with E-state index in [2.05, 4.69) is 43.9 Å². The third-order valence-corrected chi connectivity index (χ3v) is 3.36. The first kappa shape index (κ1) is 11.2. The van der Waals surface area contributed by atoms with E-state index in [4.69, 9.17) is 0 Å². The highest BCUT2D eigenvalue weighted by molar-refractivity contribution is 5.88. The van der Waals surface area contributed by atoms with Crippen molar-refractivity contribution in [1.29, 1.82) is 0 Å². The van der Waals surface area contributed by atoms with Gasteiger partial charge in [0.05, 0.1) is 5.92 Å². The number of carbonyl (C=O) groups excluding carboxylic acids is 1. The third-order valence-electron chi connectivity index (χ3n) is 3.36. The highest BCUT2D eigenvalue weighted by atomic mass is 16.1. The van der Waals surface area contributed by atoms with E-state index in [9.17, 15) is 4.79 Å². The minimum Gasteiger partial charge on any atom is -0.368 e. The van der Waals surface area contributed by atoms with E-state index in [-0.39, 0.29) is 11.7 Å². The van der Waals surface area contributed by atoms with Crippen molar-refractivity contribution in [3.05, 3.63) is 29.3 Å². The maximum Gasteiger partial charge on any atom is 0.139 e. The third kappa shape index (κ3) is 1.73. The van der Waals surface area contributed by atoms with Crippen LogP contribution >= 0.6 is 0 Å². The van der Waals surface area contributed by atoms with Gasteiger partial charge in [-0.1, -0.05) is 17.7 Å². The van der Waals surface area contributed by atoms with Crippen LogP contribution in [0.15, 0.2) is 18.2 Å². The molecular weight excluding hydrogens is 198 g/mol. The highest BCUT2D eigenvalue weighted by Crippen LogP contribution is 2.38. The molecule has 16 heavy (non-hydrogen) atoms. The highest BCUT2D eigenvalue weighted by Gasteiger charge is 2.32. The number of hydrogen-bond donors (Lipinski definition) is 0. The molecule has 2 heteroatoms. The molecule has 0 radical (unpaired) electrons. The van der Waals surface area contributed by atoms with Crippen molar-refractivity contribution in [3.8, 4) is 0 Å². The average Bonchev–Trinajstić information content (AvgIpc) is 2.56. The summed E-state index contributed by atoms with van der Waals surface area (Å²) in [6.07, 6.45) is 0. The first-order valence-corrected chi connectivity index (χ1v) is 5.88. The second-order valence-corrected chi connectivity index (χ2v) is 4.97. The summed E-state index contributed by atoms with van der Waals surface area (Å²) < 4.78 is 0. The molecule has 0 aromatic heterocycles. The molecule has 2 rings (SSSR count). The topological polar surface area (TPSA) is 20.3 Å². The minimum absolute atomic E-state index is 0.0669. The number of Topliss-reactive ketones (excluding diaryl/α,β-unsaturated/α-hetero) is 1. The molecule has 1 aliphatic rings. The van der Waals surface area contributed by atoms with Crippen LogP contribution in [0.5, 0.6) is 0 Å². The first-order chi connectivity index (χ1) is 7.50. The van der Waals surface area contributed by atoms with Crippen LogP contribution in [0.2, 0.25) is 0 Å². The molecule has 0 spiro atoms. The molecule has 0 saturated heterocycles. The molecule has 1 heterocycles. The van der Waals surface area contributed by atoms with Gasteiger partial charge in [-0.05, 0) is 39.3 Å². The van der Waals surface area contributed by atoms with Crippen molar-refractivity contribution >= 4 is 11.5 Å². The van der Waals surface area contributed by atoms with Crippen molar-refractivity contribution in [1.82, 2.24) is 0 Å². The van der Waals surface area contributed by atoms with Gasteiger partial charge in [-0.3, -0.25) is 4.79 Å². The molecule has 0 fully saturated rings. The predicted octanol–water partition coefficient (Wildman–Crippen LogP) is 2.90. The minimum atomic E-state index is 0.0669. The van der Waals surface area contributed by atoms with Crippen molar-refractivity contribution in [2.45, 2.75) is 39.7 Å². The van der Waals surface area contributed by atoms with Gasteiger partial charge in [0.25, 0.3) is 0 Å². The Labute approximate surface area is 97.3 Å². The second-order valence-electron chi connectivity index (χ2n) is 4.97. The maximum absolute atomic E-state index is 11.7. The lowest BCUT2D eigenvalue weighted by Crippen LogP contribution is -2.30. The van der Waals surface area contributed by atoms with Crippen LogP contribution in [0.25, 0.3) is 0 Å². The number of rotatable bonds is 2. The summed E-state index contributed by atoms with van der Waals surface area (Å²) in [6, 6.07) is 6.87. The van der Waals surface area contributed by atoms with Crippen molar-refractivity contribution < 1.29 is 4.79 Å². The fourth-order valence-electron chi connectivity index (χ4n) is 2.44. The zero-order chi connectivity index (χ0) is 11.9. The van der Waals surface area contributed by atoms with Crippen LogP contribution in [0.1, 0.15) is 37.8 Å². The van der Waals surface area contributed by atoms with Gasteiger partial charge in [-0.25, -0.2) is 0 Å². The lowest BCUT2D eigenvalue weighted by molar-refractivity contribution is -0.118. The summed E-state index contributed by atoms with van der Waals surface area (Å²) in [5, 5.41) is 0. The standard InChI is InChI=1S/C14H19NO/c1-9(2)15-8-13(11(4)16)12-7-10(3)5-6-14(12)15/h5-7,9,13H,8H2,1-4H3. The summed E-state index contributed by atoms with van der Waals surface area (Å²) in [5.41, 5.74) is 3.68. The molecule has 86 valence electrons. The number of benzene rings is 1. The summed E-state index contributed by atoms with van der Waals surface area (Å²) in [4.78, 5) is 14.0. The second kappa shape index (κ2) is 3.93. The Kier molecular flexibility index (Phi) is 2.75. The van der Waals surface area contributed by atoms with Crippen LogP contribution < -0.4 is 4.90 Å². The Morgan fingerprint density at radius 3 is 2.69 bits per heavy atom. The molecule has 0 aliphatic carbocycles. The van der Waals surface area contributed by atoms with Crippen LogP contribution in [-0.2, 0) is 4.79 Å². The fraction of sp³-hybridized carbons (Fsp3) is 0.500. The Balaban J connectivity index is 2.48. The van der Waals surface area contributed by atoms with Gasteiger partial charge < -0.3 is 4.90 Å². The Bertz CT molecular complexity index is 423. The normalized spacial score (nSPS) is 19.1. The van der Waals surface area contributed by atoms with E-state index in [0.29, 0.717) is 6.04 Å². The predicted molar refractivity (Wildman–Crippen MR) is 67.1 cm³/mol. The first-order valence-electron chi connectivity index (χ1n) is 5.88. The lowest BCUT2D eigenvalue weighted by atomic mass is 9.96. The van der Waals surface area contributed by atoms with Crippen molar-refractivity contribution in [2.75, 3.05) is 11.4 Å². The molecule has 1 atom stereocenters. The zero-order valence-electron chi connectivity index (χ0n) is 10.4. The monoisotopic (exact) mass is 217 g/mol. The summed E-state index contributed by atoms with van der Waals surface area (Å²) >= 11 is 0. The van der Waals surface area contributed by atoms with E-state index >= 15 is 0 Å². The molecule has 1 aromatic rings. The smallest absolute Gasteiger partial charge is 0.139 e. The van der Waals surface area contributed by atoms with Gasteiger partial charge in [-0.2, -0.15) is 0 Å². The fourth-order valence-corrected chi connectivity index (χ4v) is 2.44. The van der Waals surface area contributed by atoms with E-state index in [1.165, 1.54) is 16.8 Å². The van der Waals surface area contributed by atoms with Crippen LogP contribution in [0.4, 0.5) is 5.69 Å². The van der Waals surface area contributed by atoms with Crippen LogP contribution in [0, 0.1) is 6.92 Å². The number of fused-ring (bicyclic) bond motifs is 1. The van der Waals surface area contributed by atoms with Gasteiger partial charge in [0.1, 0.15) is 5.78 Å². The van der Waals surface area contributed by atoms with Crippen molar-refractivity contribution in [3.63, 3.8) is 0 Å². The molecule has 1 aromatic carbocycles. The molecule has 1 aliphatic heterocycles. The average molecular weight is 217 g/mol. The molecule has 0 saturated carbocycles. The Morgan fingerprint density at radius 2 is 2.12 bits per heavy atom. The molecular formula is C14H19NO. The van der Waals surface area contributed by atoms with Gasteiger partial charge >= 0.3 is 0 Å². The maximum atomic E-state index is 11.7. The van der Waals surface area contributed by atoms with Crippen LogP contribution in [0.3, 0.4) is 0 Å². The number of ketones is 1. The summed E-state index contributed by atoms with van der Waals surface area (Å²) in [7, 11) is 0.